The molecule has 1 N–H and O–H groups in total. The van der Waals surface area contributed by atoms with Gasteiger partial charge in [0.2, 0.25) is 5.91 Å². The molecule has 0 spiro atoms. The Balaban J connectivity index is 2.39. The van der Waals surface area contributed by atoms with Crippen LogP contribution in [0.5, 0.6) is 0 Å². The van der Waals surface area contributed by atoms with Crippen molar-refractivity contribution in [1.82, 2.24) is 5.32 Å². The fourth-order valence-corrected chi connectivity index (χ4v) is 1.04. The van der Waals surface area contributed by atoms with E-state index in [0.717, 1.165) is 6.54 Å². The molecule has 1 saturated heterocycles. The highest BCUT2D eigenvalue weighted by molar-refractivity contribution is 5.78. The van der Waals surface area contributed by atoms with Gasteiger partial charge in [0.1, 0.15) is 0 Å². The van der Waals surface area contributed by atoms with Crippen LogP contribution < -0.4 is 5.32 Å². The molecule has 1 aliphatic rings. The molecule has 1 amide bonds. The van der Waals surface area contributed by atoms with Gasteiger partial charge in [0.05, 0.1) is 0 Å². The Morgan fingerprint density at radius 3 is 3.00 bits per heavy atom. The van der Waals surface area contributed by atoms with E-state index in [1.807, 2.05) is 13.0 Å². The summed E-state index contributed by atoms with van der Waals surface area (Å²) in [7, 11) is 0. The zero-order valence-electron chi connectivity index (χ0n) is 5.55. The van der Waals surface area contributed by atoms with Crippen molar-refractivity contribution < 1.29 is 4.79 Å². The Bertz CT molecular complexity index is 140. The zero-order chi connectivity index (χ0) is 6.69. The Hall–Kier alpha value is -0.790. The summed E-state index contributed by atoms with van der Waals surface area (Å²) < 4.78 is 0. The Kier molecular flexibility index (Phi) is 1.88. The lowest BCUT2D eigenvalue weighted by atomic mass is 10.1. The Labute approximate surface area is 54.9 Å². The van der Waals surface area contributed by atoms with Crippen molar-refractivity contribution in [3.05, 3.63) is 12.2 Å². The lowest BCUT2D eigenvalue weighted by Gasteiger charge is -1.94. The van der Waals surface area contributed by atoms with E-state index in [0.29, 0.717) is 12.3 Å². The third kappa shape index (κ3) is 1.56. The van der Waals surface area contributed by atoms with Crippen molar-refractivity contribution in [3.8, 4) is 0 Å². The first-order chi connectivity index (χ1) is 4.33. The molecule has 0 aromatic heterocycles. The summed E-state index contributed by atoms with van der Waals surface area (Å²) in [6.07, 6.45) is 4.73. The standard InChI is InChI=1S/C7H11NO/c1-2-3-6-4-7(9)8-5-6/h2-3,6H,4-5H2,1H3,(H,8,9)/b3-2+. The number of allylic oxidation sites excluding steroid dienone is 1. The van der Waals surface area contributed by atoms with Gasteiger partial charge in [-0.15, -0.1) is 0 Å². The van der Waals surface area contributed by atoms with E-state index < -0.39 is 0 Å². The molecule has 2 nitrogen and oxygen atoms in total. The van der Waals surface area contributed by atoms with Gasteiger partial charge in [0.15, 0.2) is 0 Å². The molecule has 1 aliphatic heterocycles. The van der Waals surface area contributed by atoms with Gasteiger partial charge in [-0.25, -0.2) is 0 Å². The van der Waals surface area contributed by atoms with E-state index in [1.54, 1.807) is 0 Å². The van der Waals surface area contributed by atoms with Gasteiger partial charge in [0, 0.05) is 18.9 Å². The van der Waals surface area contributed by atoms with E-state index in [-0.39, 0.29) is 5.91 Å². The van der Waals surface area contributed by atoms with Crippen LogP contribution in [0.3, 0.4) is 0 Å². The molecule has 0 saturated carbocycles. The summed E-state index contributed by atoms with van der Waals surface area (Å²) in [5.41, 5.74) is 0. The van der Waals surface area contributed by atoms with Gasteiger partial charge < -0.3 is 5.32 Å². The van der Waals surface area contributed by atoms with Crippen LogP contribution in [0.4, 0.5) is 0 Å². The molecule has 0 aliphatic carbocycles. The van der Waals surface area contributed by atoms with Crippen LogP contribution in [0.15, 0.2) is 12.2 Å². The maximum absolute atomic E-state index is 10.6. The maximum Gasteiger partial charge on any atom is 0.220 e. The average molecular weight is 125 g/mol. The molecule has 0 radical (unpaired) electrons. The second-order valence-corrected chi connectivity index (χ2v) is 2.29. The van der Waals surface area contributed by atoms with Crippen molar-refractivity contribution >= 4 is 5.91 Å². The van der Waals surface area contributed by atoms with Crippen LogP contribution in [0.2, 0.25) is 0 Å². The number of amides is 1. The minimum Gasteiger partial charge on any atom is -0.355 e. The quantitative estimate of drug-likeness (QED) is 0.513. The molecule has 1 rings (SSSR count). The predicted molar refractivity (Wildman–Crippen MR) is 35.9 cm³/mol. The highest BCUT2D eigenvalue weighted by Gasteiger charge is 2.17. The molecule has 1 atom stereocenters. The summed E-state index contributed by atoms with van der Waals surface area (Å²) in [6.45, 7) is 2.80. The highest BCUT2D eigenvalue weighted by atomic mass is 16.1. The van der Waals surface area contributed by atoms with Crippen LogP contribution >= 0.6 is 0 Å². The molecule has 9 heavy (non-hydrogen) atoms. The fraction of sp³-hybridized carbons (Fsp3) is 0.571. The first-order valence-corrected chi connectivity index (χ1v) is 3.22. The van der Waals surface area contributed by atoms with Crippen molar-refractivity contribution in [2.75, 3.05) is 6.54 Å². The monoisotopic (exact) mass is 125 g/mol. The first-order valence-electron chi connectivity index (χ1n) is 3.22. The van der Waals surface area contributed by atoms with Crippen LogP contribution in [-0.2, 0) is 4.79 Å². The lowest BCUT2D eigenvalue weighted by Crippen LogP contribution is -2.13. The van der Waals surface area contributed by atoms with E-state index in [2.05, 4.69) is 11.4 Å². The van der Waals surface area contributed by atoms with Crippen LogP contribution in [-0.4, -0.2) is 12.5 Å². The summed E-state index contributed by atoms with van der Waals surface area (Å²) >= 11 is 0. The topological polar surface area (TPSA) is 29.1 Å². The van der Waals surface area contributed by atoms with E-state index in [9.17, 15) is 4.79 Å². The van der Waals surface area contributed by atoms with Gasteiger partial charge in [-0.05, 0) is 6.92 Å². The lowest BCUT2D eigenvalue weighted by molar-refractivity contribution is -0.119. The minimum absolute atomic E-state index is 0.179. The summed E-state index contributed by atoms with van der Waals surface area (Å²) in [5.74, 6) is 0.626. The molecular weight excluding hydrogens is 114 g/mol. The average Bonchev–Trinajstić information content (AvgIpc) is 2.17. The molecule has 50 valence electrons. The second kappa shape index (κ2) is 2.67. The van der Waals surface area contributed by atoms with Gasteiger partial charge >= 0.3 is 0 Å². The third-order valence-electron chi connectivity index (χ3n) is 1.47. The van der Waals surface area contributed by atoms with Crippen LogP contribution in [0, 0.1) is 5.92 Å². The number of nitrogens with one attached hydrogen (secondary N) is 1. The molecule has 1 fully saturated rings. The normalized spacial score (nSPS) is 27.2. The van der Waals surface area contributed by atoms with Crippen molar-refractivity contribution in [1.29, 1.82) is 0 Å². The van der Waals surface area contributed by atoms with Crippen molar-refractivity contribution in [3.63, 3.8) is 0 Å². The highest BCUT2D eigenvalue weighted by Crippen LogP contribution is 2.09. The third-order valence-corrected chi connectivity index (χ3v) is 1.47. The van der Waals surface area contributed by atoms with E-state index in [1.165, 1.54) is 0 Å². The fourth-order valence-electron chi connectivity index (χ4n) is 1.04. The minimum atomic E-state index is 0.179. The van der Waals surface area contributed by atoms with Crippen LogP contribution in [0.1, 0.15) is 13.3 Å². The van der Waals surface area contributed by atoms with E-state index in [4.69, 9.17) is 0 Å². The molecule has 0 aromatic carbocycles. The van der Waals surface area contributed by atoms with Gasteiger partial charge in [-0.3, -0.25) is 4.79 Å². The van der Waals surface area contributed by atoms with Gasteiger partial charge in [-0.2, -0.15) is 0 Å². The number of rotatable bonds is 1. The zero-order valence-corrected chi connectivity index (χ0v) is 5.55. The summed E-state index contributed by atoms with van der Waals surface area (Å²) in [6, 6.07) is 0. The summed E-state index contributed by atoms with van der Waals surface area (Å²) in [5, 5.41) is 2.76. The number of hydrogen-bond donors (Lipinski definition) is 1. The predicted octanol–water partition coefficient (Wildman–Crippen LogP) is 0.699. The Morgan fingerprint density at radius 2 is 2.56 bits per heavy atom. The Morgan fingerprint density at radius 1 is 1.78 bits per heavy atom. The summed E-state index contributed by atoms with van der Waals surface area (Å²) in [4.78, 5) is 10.6. The molecule has 0 aromatic rings. The van der Waals surface area contributed by atoms with Crippen LogP contribution in [0.25, 0.3) is 0 Å². The maximum atomic E-state index is 10.6. The number of hydrogen-bond acceptors (Lipinski definition) is 1. The van der Waals surface area contributed by atoms with Gasteiger partial charge in [-0.1, -0.05) is 12.2 Å². The molecular formula is C7H11NO. The molecule has 1 heterocycles. The second-order valence-electron chi connectivity index (χ2n) is 2.29. The number of carbonyl (C=O) groups excluding carboxylic acids is 1. The number of carbonyl (C=O) groups is 1. The van der Waals surface area contributed by atoms with E-state index >= 15 is 0 Å². The molecule has 0 bridgehead atoms. The SMILES string of the molecule is C/C=C/C1CNC(=O)C1. The molecule has 2 heteroatoms. The molecule has 1 unspecified atom stereocenters. The van der Waals surface area contributed by atoms with Gasteiger partial charge in [0.25, 0.3) is 0 Å². The largest absolute Gasteiger partial charge is 0.355 e. The first kappa shape index (κ1) is 6.33. The van der Waals surface area contributed by atoms with Crippen molar-refractivity contribution in [2.24, 2.45) is 5.92 Å². The van der Waals surface area contributed by atoms with Crippen molar-refractivity contribution in [2.45, 2.75) is 13.3 Å². The smallest absolute Gasteiger partial charge is 0.220 e.